The summed E-state index contributed by atoms with van der Waals surface area (Å²) in [5, 5.41) is 17.6. The summed E-state index contributed by atoms with van der Waals surface area (Å²) in [5.41, 5.74) is 3.15. The predicted molar refractivity (Wildman–Crippen MR) is 123 cm³/mol. The van der Waals surface area contributed by atoms with Crippen LogP contribution in [0.5, 0.6) is 0 Å². The highest BCUT2D eigenvalue weighted by atomic mass is 35.5. The van der Waals surface area contributed by atoms with Crippen molar-refractivity contribution in [2.75, 3.05) is 23.7 Å². The molecule has 5 nitrogen and oxygen atoms in total. The van der Waals surface area contributed by atoms with Gasteiger partial charge in [-0.3, -0.25) is 0 Å². The highest BCUT2D eigenvalue weighted by molar-refractivity contribution is 6.36. The molecule has 7 heteroatoms. The number of para-hydroxylation sites is 1. The van der Waals surface area contributed by atoms with Crippen LogP contribution in [0.4, 0.5) is 11.5 Å². The van der Waals surface area contributed by atoms with Gasteiger partial charge in [0, 0.05) is 34.7 Å². The molecule has 0 atom stereocenters. The van der Waals surface area contributed by atoms with E-state index in [9.17, 15) is 0 Å². The molecule has 148 valence electrons. The molecular weight excluding hydrogens is 417 g/mol. The van der Waals surface area contributed by atoms with Gasteiger partial charge in [0.05, 0.1) is 22.2 Å². The Morgan fingerprint density at radius 3 is 2.40 bits per heavy atom. The fourth-order valence-electron chi connectivity index (χ4n) is 3.05. The molecule has 1 aromatic heterocycles. The Hall–Kier alpha value is -3.33. The fraction of sp³-hybridized carbons (Fsp3) is 0.0870. The van der Waals surface area contributed by atoms with Gasteiger partial charge in [-0.2, -0.15) is 5.26 Å². The number of fused-ring (bicyclic) bond motifs is 1. The second-order valence-corrected chi connectivity index (χ2v) is 7.42. The van der Waals surface area contributed by atoms with Crippen LogP contribution in [0.15, 0.2) is 66.7 Å². The Morgan fingerprint density at radius 2 is 1.63 bits per heavy atom. The van der Waals surface area contributed by atoms with E-state index < -0.39 is 0 Å². The lowest BCUT2D eigenvalue weighted by Gasteiger charge is -2.12. The molecule has 30 heavy (non-hydrogen) atoms. The van der Waals surface area contributed by atoms with Crippen molar-refractivity contribution in [2.24, 2.45) is 0 Å². The van der Waals surface area contributed by atoms with Gasteiger partial charge >= 0.3 is 0 Å². The quantitative estimate of drug-likeness (QED) is 0.364. The van der Waals surface area contributed by atoms with Crippen LogP contribution in [0.3, 0.4) is 0 Å². The average molecular weight is 434 g/mol. The van der Waals surface area contributed by atoms with Crippen LogP contribution < -0.4 is 10.6 Å². The minimum absolute atomic E-state index is 0.506. The first-order valence-electron chi connectivity index (χ1n) is 9.34. The summed E-state index contributed by atoms with van der Waals surface area (Å²) in [4.78, 5) is 9.38. The number of anilines is 2. The van der Waals surface area contributed by atoms with Crippen LogP contribution in [0.1, 0.15) is 5.56 Å². The van der Waals surface area contributed by atoms with Crippen molar-refractivity contribution >= 4 is 45.6 Å². The summed E-state index contributed by atoms with van der Waals surface area (Å²) >= 11 is 12.4. The number of benzene rings is 3. The van der Waals surface area contributed by atoms with Crippen LogP contribution in [0.2, 0.25) is 10.0 Å². The first kappa shape index (κ1) is 20.0. The van der Waals surface area contributed by atoms with Crippen LogP contribution >= 0.6 is 23.2 Å². The maximum Gasteiger partial charge on any atom is 0.163 e. The van der Waals surface area contributed by atoms with Gasteiger partial charge in [-0.15, -0.1) is 0 Å². The van der Waals surface area contributed by atoms with Crippen LogP contribution in [0, 0.1) is 11.3 Å². The highest BCUT2D eigenvalue weighted by Gasteiger charge is 2.12. The monoisotopic (exact) mass is 433 g/mol. The third kappa shape index (κ3) is 4.46. The van der Waals surface area contributed by atoms with Gasteiger partial charge in [0.2, 0.25) is 0 Å². The predicted octanol–water partition coefficient (Wildman–Crippen LogP) is 6.00. The number of nitriles is 1. The summed E-state index contributed by atoms with van der Waals surface area (Å²) in [6, 6.07) is 22.6. The van der Waals surface area contributed by atoms with Crippen molar-refractivity contribution in [3.8, 4) is 17.5 Å². The summed E-state index contributed by atoms with van der Waals surface area (Å²) in [6.07, 6.45) is 0. The van der Waals surface area contributed by atoms with Gasteiger partial charge in [-0.1, -0.05) is 35.3 Å². The van der Waals surface area contributed by atoms with Gasteiger partial charge in [-0.05, 0) is 54.6 Å². The van der Waals surface area contributed by atoms with E-state index in [1.807, 2.05) is 42.5 Å². The SMILES string of the molecule is N#Cc1ccc(NCCNc2nc(-c3ccc(Cl)cc3Cl)nc3ccccc23)cc1. The molecule has 1 heterocycles. The second-order valence-electron chi connectivity index (χ2n) is 6.58. The second kappa shape index (κ2) is 9.00. The molecule has 0 radical (unpaired) electrons. The summed E-state index contributed by atoms with van der Waals surface area (Å²) in [6.45, 7) is 1.33. The molecule has 0 aliphatic rings. The molecule has 2 N–H and O–H groups in total. The molecule has 0 saturated heterocycles. The molecule has 4 rings (SSSR count). The molecule has 0 bridgehead atoms. The maximum atomic E-state index is 8.88. The fourth-order valence-corrected chi connectivity index (χ4v) is 3.55. The van der Waals surface area contributed by atoms with Crippen molar-refractivity contribution in [1.29, 1.82) is 5.26 Å². The topological polar surface area (TPSA) is 73.6 Å². The normalized spacial score (nSPS) is 10.6. The van der Waals surface area contributed by atoms with E-state index in [0.29, 0.717) is 34.5 Å². The number of nitrogens with zero attached hydrogens (tertiary/aromatic N) is 3. The summed E-state index contributed by atoms with van der Waals surface area (Å²) < 4.78 is 0. The summed E-state index contributed by atoms with van der Waals surface area (Å²) in [5.74, 6) is 1.28. The van der Waals surface area contributed by atoms with Crippen molar-refractivity contribution in [1.82, 2.24) is 9.97 Å². The van der Waals surface area contributed by atoms with E-state index in [0.717, 1.165) is 28.0 Å². The average Bonchev–Trinajstić information content (AvgIpc) is 2.77. The molecule has 0 spiro atoms. The first-order chi connectivity index (χ1) is 14.6. The highest BCUT2D eigenvalue weighted by Crippen LogP contribution is 2.31. The Morgan fingerprint density at radius 1 is 0.867 bits per heavy atom. The Bertz CT molecular complexity index is 1230. The number of halogens is 2. The van der Waals surface area contributed by atoms with Crippen molar-refractivity contribution in [2.45, 2.75) is 0 Å². The van der Waals surface area contributed by atoms with Gasteiger partial charge < -0.3 is 10.6 Å². The van der Waals surface area contributed by atoms with Crippen LogP contribution in [-0.2, 0) is 0 Å². The maximum absolute atomic E-state index is 8.88. The van der Waals surface area contributed by atoms with E-state index in [1.165, 1.54) is 0 Å². The van der Waals surface area contributed by atoms with E-state index >= 15 is 0 Å². The zero-order chi connectivity index (χ0) is 20.9. The molecule has 4 aromatic rings. The van der Waals surface area contributed by atoms with E-state index in [4.69, 9.17) is 33.4 Å². The van der Waals surface area contributed by atoms with Crippen molar-refractivity contribution in [3.63, 3.8) is 0 Å². The Balaban J connectivity index is 1.54. The molecule has 0 amide bonds. The summed E-state index contributed by atoms with van der Waals surface area (Å²) in [7, 11) is 0. The van der Waals surface area contributed by atoms with Gasteiger partial charge in [-0.25, -0.2) is 9.97 Å². The third-order valence-corrected chi connectivity index (χ3v) is 5.08. The Kier molecular flexibility index (Phi) is 5.99. The van der Waals surface area contributed by atoms with E-state index in [1.54, 1.807) is 24.3 Å². The zero-order valence-electron chi connectivity index (χ0n) is 15.9. The number of aromatic nitrogens is 2. The van der Waals surface area contributed by atoms with E-state index in [-0.39, 0.29) is 0 Å². The van der Waals surface area contributed by atoms with Crippen LogP contribution in [0.25, 0.3) is 22.3 Å². The lowest BCUT2D eigenvalue weighted by molar-refractivity contribution is 1.06. The zero-order valence-corrected chi connectivity index (χ0v) is 17.4. The molecular formula is C23H17Cl2N5. The largest absolute Gasteiger partial charge is 0.383 e. The van der Waals surface area contributed by atoms with Gasteiger partial charge in [0.15, 0.2) is 5.82 Å². The molecule has 3 aromatic carbocycles. The standard InChI is InChI=1S/C23H17Cl2N5/c24-16-7-10-18(20(25)13-16)23-29-21-4-2-1-3-19(21)22(30-23)28-12-11-27-17-8-5-15(14-26)6-9-17/h1-10,13,27H,11-12H2,(H,28,29,30). The first-order valence-corrected chi connectivity index (χ1v) is 10.1. The molecule has 0 aliphatic carbocycles. The van der Waals surface area contributed by atoms with Crippen LogP contribution in [-0.4, -0.2) is 23.1 Å². The minimum Gasteiger partial charge on any atom is -0.383 e. The van der Waals surface area contributed by atoms with Gasteiger partial charge in [0.1, 0.15) is 5.82 Å². The number of hydrogen-bond acceptors (Lipinski definition) is 5. The van der Waals surface area contributed by atoms with Gasteiger partial charge in [0.25, 0.3) is 0 Å². The van der Waals surface area contributed by atoms with Crippen molar-refractivity contribution < 1.29 is 0 Å². The lowest BCUT2D eigenvalue weighted by atomic mass is 10.2. The number of nitrogens with one attached hydrogen (secondary N) is 2. The van der Waals surface area contributed by atoms with E-state index in [2.05, 4.69) is 21.7 Å². The molecule has 0 saturated carbocycles. The number of hydrogen-bond donors (Lipinski definition) is 2. The van der Waals surface area contributed by atoms with Crippen molar-refractivity contribution in [3.05, 3.63) is 82.3 Å². The number of rotatable bonds is 6. The molecule has 0 aliphatic heterocycles. The minimum atomic E-state index is 0.506. The lowest BCUT2D eigenvalue weighted by Crippen LogP contribution is -2.15. The Labute approximate surface area is 184 Å². The molecule has 0 unspecified atom stereocenters. The third-order valence-electron chi connectivity index (χ3n) is 4.54. The smallest absolute Gasteiger partial charge is 0.163 e. The molecule has 0 fully saturated rings.